The smallest absolute Gasteiger partial charge is 0.231 e. The molecule has 2 aromatic carbocycles. The highest BCUT2D eigenvalue weighted by Crippen LogP contribution is 2.22. The van der Waals surface area contributed by atoms with Gasteiger partial charge >= 0.3 is 0 Å². The second-order valence-corrected chi connectivity index (χ2v) is 6.25. The van der Waals surface area contributed by atoms with Gasteiger partial charge in [0.15, 0.2) is 0 Å². The van der Waals surface area contributed by atoms with Crippen LogP contribution >= 0.6 is 11.3 Å². The van der Waals surface area contributed by atoms with Crippen LogP contribution in [-0.2, 0) is 17.8 Å². The summed E-state index contributed by atoms with van der Waals surface area (Å²) >= 11 is 1.61. The average molecular weight is 337 g/mol. The van der Waals surface area contributed by atoms with Gasteiger partial charge in [-0.3, -0.25) is 4.79 Å². The van der Waals surface area contributed by atoms with Gasteiger partial charge in [-0.05, 0) is 52.2 Å². The highest BCUT2D eigenvalue weighted by Gasteiger charge is 2.17. The summed E-state index contributed by atoms with van der Waals surface area (Å²) in [5, 5.41) is 4.02. The number of methoxy groups -OCH3 is 1. The molecule has 0 radical (unpaired) electrons. The van der Waals surface area contributed by atoms with Crippen molar-refractivity contribution in [1.29, 1.82) is 0 Å². The number of nitrogens with zero attached hydrogens (tertiary/aromatic N) is 1. The monoisotopic (exact) mass is 337 g/mol. The third-order valence-corrected chi connectivity index (χ3v) is 4.54. The van der Waals surface area contributed by atoms with E-state index in [1.54, 1.807) is 18.4 Å². The van der Waals surface area contributed by atoms with Crippen LogP contribution in [0.15, 0.2) is 71.4 Å². The van der Waals surface area contributed by atoms with Gasteiger partial charge in [0, 0.05) is 5.69 Å². The standard InChI is InChI=1S/C20H19NO2S/c1-23-19-9-7-18(8-10-19)21(14-16-5-3-2-4-6-16)20(22)13-17-11-12-24-15-17/h2-12,15H,13-14H2,1H3. The number of ether oxygens (including phenoxy) is 1. The number of amides is 1. The first-order valence-electron chi connectivity index (χ1n) is 7.75. The summed E-state index contributed by atoms with van der Waals surface area (Å²) in [5.74, 6) is 0.867. The van der Waals surface area contributed by atoms with Gasteiger partial charge in [0.05, 0.1) is 20.1 Å². The third kappa shape index (κ3) is 4.03. The minimum Gasteiger partial charge on any atom is -0.497 e. The van der Waals surface area contributed by atoms with Crippen molar-refractivity contribution in [3.05, 3.63) is 82.6 Å². The Labute approximate surface area is 146 Å². The van der Waals surface area contributed by atoms with E-state index in [1.807, 2.05) is 76.3 Å². The topological polar surface area (TPSA) is 29.5 Å². The second-order valence-electron chi connectivity index (χ2n) is 5.47. The van der Waals surface area contributed by atoms with E-state index in [2.05, 4.69) is 0 Å². The van der Waals surface area contributed by atoms with E-state index >= 15 is 0 Å². The van der Waals surface area contributed by atoms with E-state index in [0.29, 0.717) is 13.0 Å². The lowest BCUT2D eigenvalue weighted by atomic mass is 10.1. The fraction of sp³-hybridized carbons (Fsp3) is 0.150. The molecule has 0 saturated carbocycles. The predicted octanol–water partition coefficient (Wildman–Crippen LogP) is 4.53. The summed E-state index contributed by atoms with van der Waals surface area (Å²) in [5.41, 5.74) is 3.03. The number of thiophene rings is 1. The third-order valence-electron chi connectivity index (χ3n) is 3.80. The zero-order valence-corrected chi connectivity index (χ0v) is 14.3. The van der Waals surface area contributed by atoms with E-state index in [4.69, 9.17) is 4.74 Å². The first-order chi connectivity index (χ1) is 11.8. The fourth-order valence-electron chi connectivity index (χ4n) is 2.51. The van der Waals surface area contributed by atoms with E-state index < -0.39 is 0 Å². The van der Waals surface area contributed by atoms with Crippen molar-refractivity contribution in [3.63, 3.8) is 0 Å². The minimum absolute atomic E-state index is 0.0856. The van der Waals surface area contributed by atoms with Gasteiger partial charge in [0.25, 0.3) is 0 Å². The van der Waals surface area contributed by atoms with Crippen LogP contribution in [0.5, 0.6) is 5.75 Å². The molecule has 4 heteroatoms. The summed E-state index contributed by atoms with van der Waals surface area (Å²) in [6.07, 6.45) is 0.405. The molecule has 0 unspecified atom stereocenters. The van der Waals surface area contributed by atoms with Crippen molar-refractivity contribution in [3.8, 4) is 5.75 Å². The highest BCUT2D eigenvalue weighted by atomic mass is 32.1. The van der Waals surface area contributed by atoms with Crippen LogP contribution in [-0.4, -0.2) is 13.0 Å². The number of hydrogen-bond donors (Lipinski definition) is 0. The molecule has 1 amide bonds. The Bertz CT molecular complexity index is 767. The van der Waals surface area contributed by atoms with Crippen molar-refractivity contribution in [2.24, 2.45) is 0 Å². The van der Waals surface area contributed by atoms with E-state index in [-0.39, 0.29) is 5.91 Å². The summed E-state index contributed by atoms with van der Waals surface area (Å²) in [6, 6.07) is 19.6. The van der Waals surface area contributed by atoms with Crippen molar-refractivity contribution in [1.82, 2.24) is 0 Å². The van der Waals surface area contributed by atoms with Crippen LogP contribution in [0.4, 0.5) is 5.69 Å². The molecule has 0 aliphatic heterocycles. The van der Waals surface area contributed by atoms with Gasteiger partial charge in [-0.2, -0.15) is 11.3 Å². The SMILES string of the molecule is COc1ccc(N(Cc2ccccc2)C(=O)Cc2ccsc2)cc1. The number of rotatable bonds is 6. The molecule has 0 N–H and O–H groups in total. The summed E-state index contributed by atoms with van der Waals surface area (Å²) < 4.78 is 5.21. The summed E-state index contributed by atoms with van der Waals surface area (Å²) in [7, 11) is 1.64. The normalized spacial score (nSPS) is 10.4. The Balaban J connectivity index is 1.85. The maximum absolute atomic E-state index is 12.9. The molecule has 0 atom stereocenters. The van der Waals surface area contributed by atoms with Crippen LogP contribution in [0.25, 0.3) is 0 Å². The van der Waals surface area contributed by atoms with E-state index in [0.717, 1.165) is 22.6 Å². The van der Waals surface area contributed by atoms with Crippen molar-refractivity contribution in [2.45, 2.75) is 13.0 Å². The van der Waals surface area contributed by atoms with Crippen molar-refractivity contribution in [2.75, 3.05) is 12.0 Å². The molecule has 3 nitrogen and oxygen atoms in total. The van der Waals surface area contributed by atoms with Gasteiger partial charge in [-0.1, -0.05) is 30.3 Å². The molecule has 0 bridgehead atoms. The molecule has 0 aliphatic carbocycles. The lowest BCUT2D eigenvalue weighted by molar-refractivity contribution is -0.118. The number of carbonyl (C=O) groups is 1. The Hall–Kier alpha value is -2.59. The predicted molar refractivity (Wildman–Crippen MR) is 98.6 cm³/mol. The molecule has 24 heavy (non-hydrogen) atoms. The Morgan fingerprint density at radius 3 is 2.38 bits per heavy atom. The molecule has 0 fully saturated rings. The maximum atomic E-state index is 12.9. The van der Waals surface area contributed by atoms with E-state index in [1.165, 1.54) is 0 Å². The van der Waals surface area contributed by atoms with Crippen LogP contribution < -0.4 is 9.64 Å². The van der Waals surface area contributed by atoms with Gasteiger partial charge in [-0.15, -0.1) is 0 Å². The first-order valence-corrected chi connectivity index (χ1v) is 8.70. The van der Waals surface area contributed by atoms with Crippen LogP contribution in [0.1, 0.15) is 11.1 Å². The van der Waals surface area contributed by atoms with Crippen molar-refractivity contribution < 1.29 is 9.53 Å². The van der Waals surface area contributed by atoms with Crippen LogP contribution in [0.2, 0.25) is 0 Å². The number of hydrogen-bond acceptors (Lipinski definition) is 3. The largest absolute Gasteiger partial charge is 0.497 e. The lowest BCUT2D eigenvalue weighted by Crippen LogP contribution is -2.31. The molecular weight excluding hydrogens is 318 g/mol. The fourth-order valence-corrected chi connectivity index (χ4v) is 3.18. The lowest BCUT2D eigenvalue weighted by Gasteiger charge is -2.23. The van der Waals surface area contributed by atoms with Crippen LogP contribution in [0, 0.1) is 0 Å². The maximum Gasteiger partial charge on any atom is 0.231 e. The molecule has 0 saturated heterocycles. The zero-order chi connectivity index (χ0) is 16.8. The zero-order valence-electron chi connectivity index (χ0n) is 13.5. The number of anilines is 1. The first kappa shape index (κ1) is 16.3. The summed E-state index contributed by atoms with van der Waals surface area (Å²) in [4.78, 5) is 14.7. The van der Waals surface area contributed by atoms with Gasteiger partial charge in [0.1, 0.15) is 5.75 Å². The van der Waals surface area contributed by atoms with Gasteiger partial charge < -0.3 is 9.64 Å². The molecule has 1 heterocycles. The molecule has 0 aliphatic rings. The molecule has 3 rings (SSSR count). The highest BCUT2D eigenvalue weighted by molar-refractivity contribution is 7.08. The molecular formula is C20H19NO2S. The van der Waals surface area contributed by atoms with Gasteiger partial charge in [0.2, 0.25) is 5.91 Å². The Morgan fingerprint density at radius 1 is 1.00 bits per heavy atom. The van der Waals surface area contributed by atoms with Crippen LogP contribution in [0.3, 0.4) is 0 Å². The quantitative estimate of drug-likeness (QED) is 0.661. The molecule has 0 spiro atoms. The Morgan fingerprint density at radius 2 is 1.75 bits per heavy atom. The Kier molecular flexibility index (Phi) is 5.29. The number of benzene rings is 2. The summed E-state index contributed by atoms with van der Waals surface area (Å²) in [6.45, 7) is 0.552. The molecule has 3 aromatic rings. The minimum atomic E-state index is 0.0856. The van der Waals surface area contributed by atoms with Crippen molar-refractivity contribution >= 4 is 22.9 Å². The molecule has 1 aromatic heterocycles. The molecule has 122 valence electrons. The van der Waals surface area contributed by atoms with Gasteiger partial charge in [-0.25, -0.2) is 0 Å². The van der Waals surface area contributed by atoms with E-state index in [9.17, 15) is 4.79 Å². The second kappa shape index (κ2) is 7.79. The number of carbonyl (C=O) groups excluding carboxylic acids is 1. The average Bonchev–Trinajstić information content (AvgIpc) is 3.13.